The van der Waals surface area contributed by atoms with E-state index in [-0.39, 0.29) is 22.5 Å². The van der Waals surface area contributed by atoms with Crippen molar-refractivity contribution in [3.63, 3.8) is 0 Å². The summed E-state index contributed by atoms with van der Waals surface area (Å²) in [6, 6.07) is 5.59. The summed E-state index contributed by atoms with van der Waals surface area (Å²) in [6.45, 7) is 4.13. The largest absolute Gasteiger partial charge is 0.330 e. The van der Waals surface area contributed by atoms with E-state index in [2.05, 4.69) is 20.2 Å². The maximum Gasteiger partial charge on any atom is 0.255 e. The highest BCUT2D eigenvalue weighted by atomic mass is 35.5. The molecule has 0 fully saturated rings. The topological polar surface area (TPSA) is 74.8 Å². The van der Waals surface area contributed by atoms with Crippen LogP contribution >= 0.6 is 11.6 Å². The van der Waals surface area contributed by atoms with Gasteiger partial charge in [0.05, 0.1) is 34.2 Å². The molecule has 0 saturated heterocycles. The van der Waals surface area contributed by atoms with Crippen molar-refractivity contribution in [2.45, 2.75) is 32.9 Å². The van der Waals surface area contributed by atoms with Crippen LogP contribution in [0, 0.1) is 12.7 Å². The number of rotatable bonds is 2. The maximum absolute atomic E-state index is 13.3. The summed E-state index contributed by atoms with van der Waals surface area (Å²) in [5, 5.41) is 7.05. The van der Waals surface area contributed by atoms with Gasteiger partial charge in [0.1, 0.15) is 11.6 Å². The highest BCUT2D eigenvalue weighted by Gasteiger charge is 2.32. The van der Waals surface area contributed by atoms with Gasteiger partial charge >= 0.3 is 0 Å². The van der Waals surface area contributed by atoms with Gasteiger partial charge in [0, 0.05) is 17.8 Å². The lowest BCUT2D eigenvalue weighted by Crippen LogP contribution is -2.43. The van der Waals surface area contributed by atoms with Gasteiger partial charge < -0.3 is 4.90 Å². The van der Waals surface area contributed by atoms with Crippen LogP contribution in [-0.4, -0.2) is 37.0 Å². The number of benzene rings is 1. The van der Waals surface area contributed by atoms with E-state index in [1.54, 1.807) is 11.1 Å². The monoisotopic (exact) mass is 385 g/mol. The van der Waals surface area contributed by atoms with Crippen LogP contribution in [0.5, 0.6) is 0 Å². The molecule has 4 rings (SSSR count). The number of aryl methyl sites for hydroxylation is 1. The Bertz CT molecular complexity index is 1020. The lowest BCUT2D eigenvalue weighted by atomic mass is 9.95. The van der Waals surface area contributed by atoms with E-state index in [4.69, 9.17) is 11.6 Å². The standard InChI is InChI=1S/C19H17ClFN5O/c1-10-7-14-17(23-11(2)24-18(14)16-5-6-22-25-16)9-26(10)19(27)13-4-3-12(21)8-15(13)20/h3-6,8,10H,7,9H2,1-2H3,(H,22,25)/t10-/m1/s1. The molecule has 1 atom stereocenters. The molecule has 0 spiro atoms. The molecule has 0 radical (unpaired) electrons. The van der Waals surface area contributed by atoms with Crippen molar-refractivity contribution in [2.75, 3.05) is 0 Å². The molecule has 0 unspecified atom stereocenters. The first kappa shape index (κ1) is 17.6. The van der Waals surface area contributed by atoms with Crippen molar-refractivity contribution in [3.05, 3.63) is 63.9 Å². The number of hydrogen-bond donors (Lipinski definition) is 1. The lowest BCUT2D eigenvalue weighted by molar-refractivity contribution is 0.0654. The highest BCUT2D eigenvalue weighted by Crippen LogP contribution is 2.31. The molecule has 6 nitrogen and oxygen atoms in total. The molecule has 3 heterocycles. The highest BCUT2D eigenvalue weighted by molar-refractivity contribution is 6.33. The Morgan fingerprint density at radius 2 is 2.15 bits per heavy atom. The Morgan fingerprint density at radius 3 is 2.85 bits per heavy atom. The molecule has 1 N–H and O–H groups in total. The van der Waals surface area contributed by atoms with Crippen molar-refractivity contribution in [2.24, 2.45) is 0 Å². The zero-order chi connectivity index (χ0) is 19.1. The van der Waals surface area contributed by atoms with E-state index in [1.807, 2.05) is 19.9 Å². The molecule has 0 bridgehead atoms. The van der Waals surface area contributed by atoms with Gasteiger partial charge in [0.2, 0.25) is 0 Å². The second-order valence-corrected chi connectivity index (χ2v) is 7.03. The Morgan fingerprint density at radius 1 is 1.33 bits per heavy atom. The number of nitrogens with one attached hydrogen (secondary N) is 1. The van der Waals surface area contributed by atoms with Gasteiger partial charge in [-0.25, -0.2) is 14.4 Å². The van der Waals surface area contributed by atoms with Gasteiger partial charge in [-0.05, 0) is 44.5 Å². The third-order valence-corrected chi connectivity index (χ3v) is 5.05. The van der Waals surface area contributed by atoms with E-state index in [1.165, 1.54) is 12.1 Å². The van der Waals surface area contributed by atoms with Crippen molar-refractivity contribution in [1.29, 1.82) is 0 Å². The molecular weight excluding hydrogens is 369 g/mol. The van der Waals surface area contributed by atoms with Gasteiger partial charge in [0.25, 0.3) is 5.91 Å². The fourth-order valence-corrected chi connectivity index (χ4v) is 3.67. The summed E-state index contributed by atoms with van der Waals surface area (Å²) in [4.78, 5) is 23.8. The minimum atomic E-state index is -0.471. The van der Waals surface area contributed by atoms with Crippen LogP contribution in [0.4, 0.5) is 4.39 Å². The smallest absolute Gasteiger partial charge is 0.255 e. The van der Waals surface area contributed by atoms with Gasteiger partial charge in [-0.1, -0.05) is 11.6 Å². The minimum absolute atomic E-state index is 0.0842. The van der Waals surface area contributed by atoms with Gasteiger partial charge in [-0.3, -0.25) is 9.89 Å². The SMILES string of the molecule is Cc1nc2c(c(-c3ccn[nH]3)n1)C[C@@H](C)N(C(=O)c1ccc(F)cc1Cl)C2. The number of hydrogen-bond acceptors (Lipinski definition) is 4. The molecule has 1 aromatic carbocycles. The van der Waals surface area contributed by atoms with Gasteiger partial charge in [0.15, 0.2) is 0 Å². The van der Waals surface area contributed by atoms with Crippen LogP contribution < -0.4 is 0 Å². The van der Waals surface area contributed by atoms with Crippen LogP contribution in [0.3, 0.4) is 0 Å². The first-order chi connectivity index (χ1) is 12.9. The first-order valence-electron chi connectivity index (χ1n) is 8.56. The Labute approximate surface area is 160 Å². The second-order valence-electron chi connectivity index (χ2n) is 6.63. The number of amides is 1. The predicted molar refractivity (Wildman–Crippen MR) is 98.8 cm³/mol. The van der Waals surface area contributed by atoms with Crippen LogP contribution in [-0.2, 0) is 13.0 Å². The minimum Gasteiger partial charge on any atom is -0.330 e. The number of aromatic amines is 1. The van der Waals surface area contributed by atoms with Crippen LogP contribution in [0.15, 0.2) is 30.5 Å². The Balaban J connectivity index is 1.72. The van der Waals surface area contributed by atoms with Crippen LogP contribution in [0.25, 0.3) is 11.4 Å². The quantitative estimate of drug-likeness (QED) is 0.732. The summed E-state index contributed by atoms with van der Waals surface area (Å²) in [7, 11) is 0. The third-order valence-electron chi connectivity index (χ3n) is 4.73. The Hall–Kier alpha value is -2.80. The molecule has 1 aliphatic heterocycles. The number of carbonyl (C=O) groups is 1. The van der Waals surface area contributed by atoms with Gasteiger partial charge in [-0.15, -0.1) is 0 Å². The number of fused-ring (bicyclic) bond motifs is 1. The fourth-order valence-electron chi connectivity index (χ4n) is 3.42. The van der Waals surface area contributed by atoms with Crippen molar-refractivity contribution in [1.82, 2.24) is 25.1 Å². The number of nitrogens with zero attached hydrogens (tertiary/aromatic N) is 4. The predicted octanol–water partition coefficient (Wildman–Crippen LogP) is 3.55. The number of halogens is 2. The molecule has 1 aliphatic rings. The molecule has 0 aliphatic carbocycles. The zero-order valence-electron chi connectivity index (χ0n) is 14.8. The van der Waals surface area contributed by atoms with E-state index in [9.17, 15) is 9.18 Å². The summed E-state index contributed by atoms with van der Waals surface area (Å²) < 4.78 is 13.3. The second kappa shape index (κ2) is 6.74. The van der Waals surface area contributed by atoms with E-state index in [0.29, 0.717) is 18.8 Å². The fraction of sp³-hybridized carbons (Fsp3) is 0.263. The zero-order valence-corrected chi connectivity index (χ0v) is 15.6. The molecule has 138 valence electrons. The summed E-state index contributed by atoms with van der Waals surface area (Å²) in [6.07, 6.45) is 2.28. The Kier molecular flexibility index (Phi) is 4.39. The number of H-pyrrole nitrogens is 1. The summed E-state index contributed by atoms with van der Waals surface area (Å²) in [5.74, 6) is -0.0845. The average molecular weight is 386 g/mol. The molecule has 3 aromatic rings. The van der Waals surface area contributed by atoms with Crippen molar-refractivity contribution in [3.8, 4) is 11.4 Å². The van der Waals surface area contributed by atoms with Gasteiger partial charge in [-0.2, -0.15) is 5.10 Å². The molecule has 0 saturated carbocycles. The average Bonchev–Trinajstić information content (AvgIpc) is 3.15. The summed E-state index contributed by atoms with van der Waals surface area (Å²) in [5.41, 5.74) is 3.73. The van der Waals surface area contributed by atoms with Crippen LogP contribution in [0.2, 0.25) is 5.02 Å². The van der Waals surface area contributed by atoms with E-state index < -0.39 is 5.82 Å². The molecule has 8 heteroatoms. The molecule has 2 aromatic heterocycles. The normalized spacial score (nSPS) is 16.3. The molecule has 27 heavy (non-hydrogen) atoms. The number of aromatic nitrogens is 4. The molecular formula is C19H17ClFN5O. The maximum atomic E-state index is 13.3. The number of carbonyl (C=O) groups excluding carboxylic acids is 1. The van der Waals surface area contributed by atoms with E-state index >= 15 is 0 Å². The van der Waals surface area contributed by atoms with Crippen LogP contribution in [0.1, 0.15) is 34.4 Å². The lowest BCUT2D eigenvalue weighted by Gasteiger charge is -2.35. The molecule has 1 amide bonds. The van der Waals surface area contributed by atoms with E-state index in [0.717, 1.165) is 28.7 Å². The van der Waals surface area contributed by atoms with Crippen molar-refractivity contribution >= 4 is 17.5 Å². The third kappa shape index (κ3) is 3.19. The first-order valence-corrected chi connectivity index (χ1v) is 8.94. The van der Waals surface area contributed by atoms with Crippen molar-refractivity contribution < 1.29 is 9.18 Å². The summed E-state index contributed by atoms with van der Waals surface area (Å²) >= 11 is 6.09.